The van der Waals surface area contributed by atoms with Crippen LogP contribution in [0, 0.1) is 5.92 Å². The summed E-state index contributed by atoms with van der Waals surface area (Å²) in [6.45, 7) is 2.62. The van der Waals surface area contributed by atoms with Gasteiger partial charge in [0.1, 0.15) is 0 Å². The maximum atomic E-state index is 10.8. The van der Waals surface area contributed by atoms with E-state index in [1.165, 1.54) is 6.92 Å². The second-order valence-corrected chi connectivity index (χ2v) is 4.33. The molecule has 1 heterocycles. The summed E-state index contributed by atoms with van der Waals surface area (Å²) in [7, 11) is 0. The van der Waals surface area contributed by atoms with E-state index in [9.17, 15) is 9.90 Å². The molecule has 0 bridgehead atoms. The van der Waals surface area contributed by atoms with Gasteiger partial charge in [0.25, 0.3) is 0 Å². The average molecular weight is 252 g/mol. The first-order chi connectivity index (χ1) is 8.59. The average Bonchev–Trinajstić information content (AvgIpc) is 2.60. The Morgan fingerprint density at radius 3 is 2.61 bits per heavy atom. The van der Waals surface area contributed by atoms with Crippen molar-refractivity contribution in [3.05, 3.63) is 23.8 Å². The largest absolute Gasteiger partial charge is 0.490 e. The smallest absolute Gasteiger partial charge is 0.309 e. The Morgan fingerprint density at radius 2 is 1.94 bits per heavy atom. The van der Waals surface area contributed by atoms with Crippen LogP contribution in [0.2, 0.25) is 0 Å². The molecule has 0 aromatic heterocycles. The third-order valence-corrected chi connectivity index (χ3v) is 2.98. The van der Waals surface area contributed by atoms with Crippen molar-refractivity contribution in [1.82, 2.24) is 0 Å². The van der Waals surface area contributed by atoms with E-state index in [-0.39, 0.29) is 0 Å². The molecule has 98 valence electrons. The van der Waals surface area contributed by atoms with Crippen molar-refractivity contribution >= 4 is 5.97 Å². The highest BCUT2D eigenvalue weighted by Gasteiger charge is 2.24. The number of aliphatic carboxylic acids is 1. The molecule has 2 rings (SSSR count). The van der Waals surface area contributed by atoms with Gasteiger partial charge in [-0.15, -0.1) is 0 Å². The Kier molecular flexibility index (Phi) is 3.72. The Balaban J connectivity index is 2.25. The van der Waals surface area contributed by atoms with E-state index in [0.29, 0.717) is 30.3 Å². The minimum absolute atomic E-state index is 0.522. The van der Waals surface area contributed by atoms with E-state index in [2.05, 4.69) is 0 Å². The number of aliphatic hydroxyl groups is 1. The molecule has 0 amide bonds. The number of benzene rings is 1. The van der Waals surface area contributed by atoms with Crippen LogP contribution in [0.4, 0.5) is 0 Å². The third-order valence-electron chi connectivity index (χ3n) is 2.98. The topological polar surface area (TPSA) is 76.0 Å². The van der Waals surface area contributed by atoms with Gasteiger partial charge in [-0.3, -0.25) is 4.79 Å². The van der Waals surface area contributed by atoms with Crippen molar-refractivity contribution in [3.8, 4) is 11.5 Å². The summed E-state index contributed by atoms with van der Waals surface area (Å²) in [5.74, 6) is -0.711. The van der Waals surface area contributed by atoms with Crippen LogP contribution in [0.3, 0.4) is 0 Å². The highest BCUT2D eigenvalue weighted by molar-refractivity contribution is 5.70. The van der Waals surface area contributed by atoms with Gasteiger partial charge in [0.05, 0.1) is 25.2 Å². The molecule has 18 heavy (non-hydrogen) atoms. The zero-order valence-corrected chi connectivity index (χ0v) is 10.1. The van der Waals surface area contributed by atoms with Crippen LogP contribution in [-0.2, 0) is 4.79 Å². The minimum Gasteiger partial charge on any atom is -0.490 e. The summed E-state index contributed by atoms with van der Waals surface area (Å²) in [6.07, 6.45) is -0.252. The summed E-state index contributed by atoms with van der Waals surface area (Å²) in [6, 6.07) is 5.01. The molecule has 0 aliphatic carbocycles. The second kappa shape index (κ2) is 5.27. The normalized spacial score (nSPS) is 17.7. The molecule has 0 spiro atoms. The summed E-state index contributed by atoms with van der Waals surface area (Å²) in [5.41, 5.74) is 0.522. The molecule has 2 N–H and O–H groups in total. The van der Waals surface area contributed by atoms with Gasteiger partial charge in [-0.25, -0.2) is 0 Å². The Hall–Kier alpha value is -1.75. The zero-order chi connectivity index (χ0) is 13.1. The van der Waals surface area contributed by atoms with Crippen molar-refractivity contribution < 1.29 is 24.5 Å². The van der Waals surface area contributed by atoms with Gasteiger partial charge in [0.2, 0.25) is 0 Å². The van der Waals surface area contributed by atoms with Gasteiger partial charge in [-0.1, -0.05) is 6.07 Å². The fourth-order valence-corrected chi connectivity index (χ4v) is 1.79. The van der Waals surface area contributed by atoms with Crippen molar-refractivity contribution in [1.29, 1.82) is 0 Å². The maximum absolute atomic E-state index is 10.8. The fraction of sp³-hybridized carbons (Fsp3) is 0.462. The van der Waals surface area contributed by atoms with E-state index in [0.717, 1.165) is 6.42 Å². The Bertz CT molecular complexity index is 443. The van der Waals surface area contributed by atoms with Crippen molar-refractivity contribution in [2.24, 2.45) is 5.92 Å². The summed E-state index contributed by atoms with van der Waals surface area (Å²) < 4.78 is 11.0. The van der Waals surface area contributed by atoms with E-state index < -0.39 is 18.0 Å². The second-order valence-electron chi connectivity index (χ2n) is 4.33. The molecule has 2 unspecified atom stereocenters. The monoisotopic (exact) mass is 252 g/mol. The standard InChI is InChI=1S/C13H16O5/c1-8(13(15)16)12(14)9-3-4-10-11(7-9)18-6-2-5-17-10/h3-4,7-8,12,14H,2,5-6H2,1H3,(H,15,16). The van der Waals surface area contributed by atoms with Crippen LogP contribution in [0.5, 0.6) is 11.5 Å². The maximum Gasteiger partial charge on any atom is 0.309 e. The predicted octanol–water partition coefficient (Wildman–Crippen LogP) is 1.60. The van der Waals surface area contributed by atoms with E-state index in [1.807, 2.05) is 0 Å². The number of rotatable bonds is 3. The first-order valence-electron chi connectivity index (χ1n) is 5.90. The molecular weight excluding hydrogens is 236 g/mol. The zero-order valence-electron chi connectivity index (χ0n) is 10.1. The van der Waals surface area contributed by atoms with Gasteiger partial charge in [-0.05, 0) is 24.6 Å². The van der Waals surface area contributed by atoms with Gasteiger partial charge in [0.15, 0.2) is 11.5 Å². The first-order valence-corrected chi connectivity index (χ1v) is 5.90. The molecule has 1 aliphatic heterocycles. The highest BCUT2D eigenvalue weighted by atomic mass is 16.5. The number of ether oxygens (including phenoxy) is 2. The molecule has 5 nitrogen and oxygen atoms in total. The van der Waals surface area contributed by atoms with Crippen LogP contribution in [0.15, 0.2) is 18.2 Å². The molecule has 0 saturated heterocycles. The number of carboxylic acid groups (broad SMARTS) is 1. The lowest BCUT2D eigenvalue weighted by atomic mass is 9.97. The minimum atomic E-state index is -1.06. The summed E-state index contributed by atoms with van der Waals surface area (Å²) in [4.78, 5) is 10.8. The number of aliphatic hydroxyl groups excluding tert-OH is 1. The molecule has 5 heteroatoms. The predicted molar refractivity (Wildman–Crippen MR) is 63.8 cm³/mol. The van der Waals surface area contributed by atoms with Crippen LogP contribution in [0.25, 0.3) is 0 Å². The van der Waals surface area contributed by atoms with Crippen molar-refractivity contribution in [2.75, 3.05) is 13.2 Å². The Labute approximate surface area is 105 Å². The number of hydrogen-bond donors (Lipinski definition) is 2. The number of fused-ring (bicyclic) bond motifs is 1. The van der Waals surface area contributed by atoms with Crippen molar-refractivity contribution in [2.45, 2.75) is 19.4 Å². The van der Waals surface area contributed by atoms with Crippen molar-refractivity contribution in [3.63, 3.8) is 0 Å². The van der Waals surface area contributed by atoms with Gasteiger partial charge in [-0.2, -0.15) is 0 Å². The number of hydrogen-bond acceptors (Lipinski definition) is 4. The molecule has 0 fully saturated rings. The molecular formula is C13H16O5. The molecule has 0 radical (unpaired) electrons. The fourth-order valence-electron chi connectivity index (χ4n) is 1.79. The molecule has 0 saturated carbocycles. The quantitative estimate of drug-likeness (QED) is 0.854. The number of carboxylic acids is 1. The van der Waals surface area contributed by atoms with Crippen LogP contribution in [-0.4, -0.2) is 29.4 Å². The van der Waals surface area contributed by atoms with E-state index in [4.69, 9.17) is 14.6 Å². The lowest BCUT2D eigenvalue weighted by Crippen LogP contribution is -2.18. The summed E-state index contributed by atoms with van der Waals surface area (Å²) in [5, 5.41) is 18.8. The van der Waals surface area contributed by atoms with E-state index >= 15 is 0 Å². The van der Waals surface area contributed by atoms with E-state index in [1.54, 1.807) is 18.2 Å². The third kappa shape index (κ3) is 2.56. The molecule has 1 aliphatic rings. The van der Waals surface area contributed by atoms with Crippen LogP contribution in [0.1, 0.15) is 25.0 Å². The van der Waals surface area contributed by atoms with Gasteiger partial charge >= 0.3 is 5.97 Å². The molecule has 1 aromatic rings. The lowest BCUT2D eigenvalue weighted by Gasteiger charge is -2.17. The Morgan fingerprint density at radius 1 is 1.28 bits per heavy atom. The van der Waals surface area contributed by atoms with Gasteiger partial charge in [0, 0.05) is 6.42 Å². The summed E-state index contributed by atoms with van der Waals surface area (Å²) >= 11 is 0. The highest BCUT2D eigenvalue weighted by Crippen LogP contribution is 2.34. The molecule has 2 atom stereocenters. The number of carbonyl (C=O) groups is 1. The first kappa shape index (κ1) is 12.7. The molecule has 1 aromatic carbocycles. The van der Waals surface area contributed by atoms with Gasteiger partial charge < -0.3 is 19.7 Å². The SMILES string of the molecule is CC(C(=O)O)C(O)c1ccc2c(c1)OCCCO2. The lowest BCUT2D eigenvalue weighted by molar-refractivity contribution is -0.145. The van der Waals surface area contributed by atoms with Crippen LogP contribution >= 0.6 is 0 Å². The van der Waals surface area contributed by atoms with Crippen LogP contribution < -0.4 is 9.47 Å².